The summed E-state index contributed by atoms with van der Waals surface area (Å²) in [5.74, 6) is 2.51. The Morgan fingerprint density at radius 2 is 2.03 bits per heavy atom. The van der Waals surface area contributed by atoms with Gasteiger partial charge in [0.05, 0.1) is 24.1 Å². The first-order valence-corrected chi connectivity index (χ1v) is 10.9. The molecule has 1 N–H and O–H groups in total. The fraction of sp³-hybridized carbons (Fsp3) is 0.417. The highest BCUT2D eigenvalue weighted by Crippen LogP contribution is 2.38. The Kier molecular flexibility index (Phi) is 4.01. The summed E-state index contributed by atoms with van der Waals surface area (Å²) in [7, 11) is 0. The number of rotatable bonds is 1. The van der Waals surface area contributed by atoms with Crippen LogP contribution in [0.3, 0.4) is 0 Å². The van der Waals surface area contributed by atoms with Gasteiger partial charge in [-0.05, 0) is 67.5 Å². The summed E-state index contributed by atoms with van der Waals surface area (Å²) in [5, 5.41) is 0. The molecular weight excluding hydrogens is 376 g/mol. The molecule has 2 fully saturated rings. The van der Waals surface area contributed by atoms with Gasteiger partial charge in [0.1, 0.15) is 18.2 Å². The van der Waals surface area contributed by atoms with Gasteiger partial charge in [0.15, 0.2) is 0 Å². The standard InChI is InChI=1S/C24H26N4O2/c1-15-25-21-6-3-18(12-22(21)26-15)17-4-7-23-19(11-17)14-27(8-9-30-23)24(29)28-13-16-2-5-20(28)10-16/h3-4,6-7,11-12,16,20H,2,5,8-10,13-14H2,1H3,(H,25,26). The number of carbonyl (C=O) groups excluding carboxylic acids is 1. The van der Waals surface area contributed by atoms with Crippen LogP contribution in [0.1, 0.15) is 30.7 Å². The summed E-state index contributed by atoms with van der Waals surface area (Å²) >= 11 is 0. The quantitative estimate of drug-likeness (QED) is 0.659. The zero-order valence-corrected chi connectivity index (χ0v) is 17.2. The molecule has 154 valence electrons. The van der Waals surface area contributed by atoms with E-state index in [1.807, 2.05) is 17.9 Å². The number of imidazole rings is 1. The van der Waals surface area contributed by atoms with E-state index >= 15 is 0 Å². The lowest BCUT2D eigenvalue weighted by molar-refractivity contribution is 0.132. The van der Waals surface area contributed by atoms with E-state index in [2.05, 4.69) is 45.2 Å². The van der Waals surface area contributed by atoms with E-state index in [1.54, 1.807) is 0 Å². The van der Waals surface area contributed by atoms with E-state index in [1.165, 1.54) is 12.8 Å². The highest BCUT2D eigenvalue weighted by Gasteiger charge is 2.41. The third-order valence-corrected chi connectivity index (χ3v) is 6.90. The molecule has 1 aromatic heterocycles. The number of aryl methyl sites for hydroxylation is 1. The molecule has 2 aromatic carbocycles. The van der Waals surface area contributed by atoms with Gasteiger partial charge in [-0.3, -0.25) is 0 Å². The number of carbonyl (C=O) groups is 1. The molecule has 2 atom stereocenters. The van der Waals surface area contributed by atoms with Crippen LogP contribution < -0.4 is 4.74 Å². The van der Waals surface area contributed by atoms with E-state index in [0.29, 0.717) is 31.7 Å². The van der Waals surface area contributed by atoms with E-state index < -0.39 is 0 Å². The Hall–Kier alpha value is -3.02. The lowest BCUT2D eigenvalue weighted by atomic mass is 10.0. The van der Waals surface area contributed by atoms with Crippen molar-refractivity contribution in [2.75, 3.05) is 19.7 Å². The number of aromatic amines is 1. The molecule has 30 heavy (non-hydrogen) atoms. The van der Waals surface area contributed by atoms with Crippen molar-refractivity contribution in [3.63, 3.8) is 0 Å². The van der Waals surface area contributed by atoms with Crippen LogP contribution >= 0.6 is 0 Å². The number of H-pyrrole nitrogens is 1. The molecular formula is C24H26N4O2. The smallest absolute Gasteiger partial charge is 0.320 e. The van der Waals surface area contributed by atoms with Crippen LogP contribution in [0.25, 0.3) is 22.2 Å². The van der Waals surface area contributed by atoms with Crippen LogP contribution in [0.15, 0.2) is 36.4 Å². The number of aromatic nitrogens is 2. The van der Waals surface area contributed by atoms with Crippen molar-refractivity contribution in [3.05, 3.63) is 47.8 Å². The minimum atomic E-state index is 0.179. The van der Waals surface area contributed by atoms with Crippen molar-refractivity contribution < 1.29 is 9.53 Å². The second kappa shape index (κ2) is 6.76. The Labute approximate surface area is 175 Å². The van der Waals surface area contributed by atoms with Crippen LogP contribution in [0.2, 0.25) is 0 Å². The number of hydrogen-bond donors (Lipinski definition) is 1. The Bertz CT molecular complexity index is 1140. The second-order valence-electron chi connectivity index (χ2n) is 8.91. The van der Waals surface area contributed by atoms with E-state index in [0.717, 1.165) is 52.3 Å². The van der Waals surface area contributed by atoms with E-state index in [-0.39, 0.29) is 6.03 Å². The lowest BCUT2D eigenvalue weighted by Gasteiger charge is -2.32. The van der Waals surface area contributed by atoms with Gasteiger partial charge in [0.25, 0.3) is 0 Å². The van der Waals surface area contributed by atoms with Crippen LogP contribution in [-0.2, 0) is 6.54 Å². The first-order valence-electron chi connectivity index (χ1n) is 10.9. The van der Waals surface area contributed by atoms with Crippen molar-refractivity contribution in [1.82, 2.24) is 19.8 Å². The molecule has 6 nitrogen and oxygen atoms in total. The number of likely N-dealkylation sites (tertiary alicyclic amines) is 1. The van der Waals surface area contributed by atoms with Crippen molar-refractivity contribution >= 4 is 17.1 Å². The van der Waals surface area contributed by atoms with E-state index in [9.17, 15) is 4.79 Å². The second-order valence-corrected chi connectivity index (χ2v) is 8.91. The molecule has 0 radical (unpaired) electrons. The number of amides is 2. The monoisotopic (exact) mass is 402 g/mol. The molecule has 3 heterocycles. The SMILES string of the molecule is Cc1nc2ccc(-c3ccc4c(c3)CN(C(=O)N3CC5CCC3C5)CCO4)cc2[nH]1. The number of ether oxygens (including phenoxy) is 1. The summed E-state index contributed by atoms with van der Waals surface area (Å²) in [6.07, 6.45) is 3.63. The van der Waals surface area contributed by atoms with Gasteiger partial charge in [-0.1, -0.05) is 12.1 Å². The molecule has 6 heteroatoms. The van der Waals surface area contributed by atoms with Gasteiger partial charge >= 0.3 is 6.03 Å². The first kappa shape index (κ1) is 17.8. The summed E-state index contributed by atoms with van der Waals surface area (Å²) < 4.78 is 5.99. The minimum absolute atomic E-state index is 0.179. The summed E-state index contributed by atoms with van der Waals surface area (Å²) in [5.41, 5.74) is 5.35. The van der Waals surface area contributed by atoms with Gasteiger partial charge in [-0.2, -0.15) is 0 Å². The average molecular weight is 402 g/mol. The summed E-state index contributed by atoms with van der Waals surface area (Å²) in [6.45, 7) is 4.67. The number of benzene rings is 2. The zero-order chi connectivity index (χ0) is 20.2. The molecule has 6 rings (SSSR count). The molecule has 2 unspecified atom stereocenters. The van der Waals surface area contributed by atoms with E-state index in [4.69, 9.17) is 4.74 Å². The number of hydrogen-bond acceptors (Lipinski definition) is 3. The van der Waals surface area contributed by atoms with Crippen molar-refractivity contribution in [2.45, 2.75) is 38.8 Å². The first-order chi connectivity index (χ1) is 14.6. The van der Waals surface area contributed by atoms with Crippen LogP contribution in [0.5, 0.6) is 5.75 Å². The maximum Gasteiger partial charge on any atom is 0.320 e. The Morgan fingerprint density at radius 1 is 1.17 bits per heavy atom. The average Bonchev–Trinajstić information content (AvgIpc) is 3.43. The molecule has 1 aliphatic carbocycles. The largest absolute Gasteiger partial charge is 0.491 e. The van der Waals surface area contributed by atoms with Gasteiger partial charge in [-0.15, -0.1) is 0 Å². The normalized spacial score (nSPS) is 22.8. The van der Waals surface area contributed by atoms with Crippen molar-refractivity contribution in [2.24, 2.45) is 5.92 Å². The van der Waals surface area contributed by atoms with Gasteiger partial charge < -0.3 is 19.5 Å². The van der Waals surface area contributed by atoms with Gasteiger partial charge in [-0.25, -0.2) is 9.78 Å². The molecule has 0 spiro atoms. The molecule has 3 aliphatic rings. The summed E-state index contributed by atoms with van der Waals surface area (Å²) in [4.78, 5) is 25.1. The van der Waals surface area contributed by atoms with Crippen molar-refractivity contribution in [1.29, 1.82) is 0 Å². The Morgan fingerprint density at radius 3 is 2.87 bits per heavy atom. The fourth-order valence-corrected chi connectivity index (χ4v) is 5.39. The van der Waals surface area contributed by atoms with Crippen LogP contribution in [0, 0.1) is 12.8 Å². The van der Waals surface area contributed by atoms with Gasteiger partial charge in [0, 0.05) is 18.2 Å². The Balaban J connectivity index is 1.29. The number of urea groups is 1. The molecule has 1 saturated heterocycles. The van der Waals surface area contributed by atoms with Crippen molar-refractivity contribution in [3.8, 4) is 16.9 Å². The maximum absolute atomic E-state index is 13.2. The fourth-order valence-electron chi connectivity index (χ4n) is 5.39. The van der Waals surface area contributed by atoms with Crippen LogP contribution in [0.4, 0.5) is 4.79 Å². The molecule has 2 bridgehead atoms. The minimum Gasteiger partial charge on any atom is -0.491 e. The number of nitrogens with one attached hydrogen (secondary N) is 1. The summed E-state index contributed by atoms with van der Waals surface area (Å²) in [6, 6.07) is 13.2. The van der Waals surface area contributed by atoms with Crippen LogP contribution in [-0.4, -0.2) is 51.5 Å². The number of fused-ring (bicyclic) bond motifs is 4. The highest BCUT2D eigenvalue weighted by atomic mass is 16.5. The predicted octanol–water partition coefficient (Wildman–Crippen LogP) is 4.34. The molecule has 1 saturated carbocycles. The lowest BCUT2D eigenvalue weighted by Crippen LogP contribution is -2.47. The number of piperidine rings is 1. The molecule has 3 aromatic rings. The molecule has 2 amide bonds. The predicted molar refractivity (Wildman–Crippen MR) is 115 cm³/mol. The molecule has 2 aliphatic heterocycles. The third-order valence-electron chi connectivity index (χ3n) is 6.90. The zero-order valence-electron chi connectivity index (χ0n) is 17.2. The third kappa shape index (κ3) is 2.93. The highest BCUT2D eigenvalue weighted by molar-refractivity contribution is 5.82. The maximum atomic E-state index is 13.2. The van der Waals surface area contributed by atoms with Gasteiger partial charge in [0.2, 0.25) is 0 Å². The number of nitrogens with zero attached hydrogens (tertiary/aromatic N) is 3. The topological polar surface area (TPSA) is 61.5 Å².